The molecular weight excluding hydrogens is 286 g/mol. The number of aliphatic imine (C=N–C) groups is 1. The van der Waals surface area contributed by atoms with Crippen LogP contribution in [0.2, 0.25) is 0 Å². The van der Waals surface area contributed by atoms with Crippen molar-refractivity contribution in [3.8, 4) is 12.8 Å². The Labute approximate surface area is 143 Å². The Kier molecular flexibility index (Phi) is 22.8. The number of aliphatic hydroxyl groups is 1. The second-order valence-corrected chi connectivity index (χ2v) is 3.79. The topological polar surface area (TPSA) is 41.8 Å². The Morgan fingerprint density at radius 3 is 1.91 bits per heavy atom. The number of hydrogen-bond acceptors (Lipinski definition) is 3. The van der Waals surface area contributed by atoms with E-state index in [1.54, 1.807) is 14.2 Å². The zero-order chi connectivity index (χ0) is 18.7. The SMILES string of the molecule is C#C.CC.CC.CN=C(/C(CO)=C(\C)COC)c1ccccc1. The molecule has 0 unspecified atom stereocenters. The number of hydrogen-bond donors (Lipinski definition) is 1. The van der Waals surface area contributed by atoms with Crippen molar-refractivity contribution in [2.24, 2.45) is 4.99 Å². The summed E-state index contributed by atoms with van der Waals surface area (Å²) in [5.41, 5.74) is 3.66. The lowest BCUT2D eigenvalue weighted by molar-refractivity contribution is 0.224. The fourth-order valence-electron chi connectivity index (χ4n) is 1.75. The zero-order valence-corrected chi connectivity index (χ0v) is 15.8. The quantitative estimate of drug-likeness (QED) is 0.647. The molecule has 1 rings (SSSR count). The largest absolute Gasteiger partial charge is 0.392 e. The van der Waals surface area contributed by atoms with E-state index in [9.17, 15) is 5.11 Å². The van der Waals surface area contributed by atoms with Gasteiger partial charge in [-0.05, 0) is 12.5 Å². The van der Waals surface area contributed by atoms with Gasteiger partial charge in [0.15, 0.2) is 0 Å². The Morgan fingerprint density at radius 1 is 1.09 bits per heavy atom. The van der Waals surface area contributed by atoms with E-state index >= 15 is 0 Å². The summed E-state index contributed by atoms with van der Waals surface area (Å²) in [4.78, 5) is 4.28. The lowest BCUT2D eigenvalue weighted by Crippen LogP contribution is -2.12. The molecular formula is C20H33NO2. The second kappa shape index (κ2) is 20.1. The van der Waals surface area contributed by atoms with Gasteiger partial charge in [0.25, 0.3) is 0 Å². The maximum Gasteiger partial charge on any atom is 0.0703 e. The minimum Gasteiger partial charge on any atom is -0.392 e. The van der Waals surface area contributed by atoms with Crippen molar-refractivity contribution in [3.05, 3.63) is 47.0 Å². The summed E-state index contributed by atoms with van der Waals surface area (Å²) >= 11 is 0. The molecule has 0 fully saturated rings. The number of benzene rings is 1. The van der Waals surface area contributed by atoms with E-state index in [-0.39, 0.29) is 6.61 Å². The maximum absolute atomic E-state index is 9.49. The highest BCUT2D eigenvalue weighted by Crippen LogP contribution is 2.13. The number of rotatable bonds is 5. The minimum atomic E-state index is -0.0310. The summed E-state index contributed by atoms with van der Waals surface area (Å²) in [5, 5.41) is 9.49. The normalized spacial score (nSPS) is 10.6. The fraction of sp³-hybridized carbons (Fsp3) is 0.450. The molecule has 1 aromatic carbocycles. The summed E-state index contributed by atoms with van der Waals surface area (Å²) in [6, 6.07) is 9.85. The van der Waals surface area contributed by atoms with E-state index in [0.717, 1.165) is 22.4 Å². The van der Waals surface area contributed by atoms with Crippen LogP contribution in [-0.2, 0) is 4.74 Å². The van der Waals surface area contributed by atoms with Gasteiger partial charge in [0.1, 0.15) is 0 Å². The zero-order valence-electron chi connectivity index (χ0n) is 15.8. The molecule has 3 heteroatoms. The molecule has 0 radical (unpaired) electrons. The first-order valence-electron chi connectivity index (χ1n) is 7.89. The van der Waals surface area contributed by atoms with Crippen molar-refractivity contribution >= 4 is 5.71 Å². The van der Waals surface area contributed by atoms with Crippen molar-refractivity contribution in [2.75, 3.05) is 27.4 Å². The first-order chi connectivity index (χ1) is 11.2. The molecule has 0 aliphatic heterocycles. The molecule has 1 N–H and O–H groups in total. The molecule has 0 aliphatic rings. The molecule has 0 atom stereocenters. The molecule has 0 aliphatic carbocycles. The summed E-state index contributed by atoms with van der Waals surface area (Å²) < 4.78 is 5.09. The van der Waals surface area contributed by atoms with E-state index in [1.165, 1.54) is 0 Å². The molecule has 0 amide bonds. The Bertz CT molecular complexity index is 445. The molecule has 23 heavy (non-hydrogen) atoms. The van der Waals surface area contributed by atoms with Crippen molar-refractivity contribution in [2.45, 2.75) is 34.6 Å². The van der Waals surface area contributed by atoms with Crippen LogP contribution in [0.4, 0.5) is 0 Å². The van der Waals surface area contributed by atoms with Crippen LogP contribution in [0.15, 0.2) is 46.5 Å². The van der Waals surface area contributed by atoms with E-state index in [2.05, 4.69) is 17.8 Å². The number of aliphatic hydroxyl groups excluding tert-OH is 1. The Hall–Kier alpha value is -1.89. The molecule has 0 heterocycles. The average Bonchev–Trinajstić information content (AvgIpc) is 2.65. The summed E-state index contributed by atoms with van der Waals surface area (Å²) in [6.45, 7) is 10.4. The van der Waals surface area contributed by atoms with Crippen molar-refractivity contribution in [1.82, 2.24) is 0 Å². The van der Waals surface area contributed by atoms with Crippen LogP contribution in [0.1, 0.15) is 40.2 Å². The standard InChI is InChI=1S/C14H19NO2.2C2H6.C2H2/c1-11(10-17-3)13(9-16)14(15-2)12-7-5-4-6-8-12;3*1-2/h4-8,16H,9-10H2,1-3H3;2*1-2H3;1-2H/b13-11+,15-14?;;;. The molecule has 0 saturated carbocycles. The average molecular weight is 319 g/mol. The van der Waals surface area contributed by atoms with Crippen LogP contribution in [0.25, 0.3) is 0 Å². The lowest BCUT2D eigenvalue weighted by atomic mass is 9.99. The van der Waals surface area contributed by atoms with E-state index in [1.807, 2.05) is 65.0 Å². The number of terminal acetylenes is 1. The van der Waals surface area contributed by atoms with E-state index in [0.29, 0.717) is 6.61 Å². The smallest absolute Gasteiger partial charge is 0.0703 e. The molecule has 1 aromatic rings. The molecule has 0 bridgehead atoms. The van der Waals surface area contributed by atoms with Crippen LogP contribution in [0.3, 0.4) is 0 Å². The monoisotopic (exact) mass is 319 g/mol. The predicted molar refractivity (Wildman–Crippen MR) is 103 cm³/mol. The van der Waals surface area contributed by atoms with Gasteiger partial charge in [-0.15, -0.1) is 12.8 Å². The molecule has 130 valence electrons. The molecule has 0 saturated heterocycles. The van der Waals surface area contributed by atoms with Gasteiger partial charge in [-0.25, -0.2) is 0 Å². The number of ether oxygens (including phenoxy) is 1. The molecule has 0 spiro atoms. The highest BCUT2D eigenvalue weighted by Gasteiger charge is 2.11. The molecule has 0 aromatic heterocycles. The van der Waals surface area contributed by atoms with Crippen LogP contribution >= 0.6 is 0 Å². The van der Waals surface area contributed by atoms with Crippen molar-refractivity contribution in [1.29, 1.82) is 0 Å². The first-order valence-corrected chi connectivity index (χ1v) is 7.89. The van der Waals surface area contributed by atoms with Gasteiger partial charge in [0.05, 0.1) is 18.9 Å². The van der Waals surface area contributed by atoms with Crippen LogP contribution in [0.5, 0.6) is 0 Å². The van der Waals surface area contributed by atoms with Gasteiger partial charge in [0.2, 0.25) is 0 Å². The second-order valence-electron chi connectivity index (χ2n) is 3.79. The van der Waals surface area contributed by atoms with Gasteiger partial charge < -0.3 is 9.84 Å². The van der Waals surface area contributed by atoms with Crippen LogP contribution in [-0.4, -0.2) is 38.2 Å². The highest BCUT2D eigenvalue weighted by molar-refractivity contribution is 6.13. The van der Waals surface area contributed by atoms with E-state index in [4.69, 9.17) is 4.74 Å². The predicted octanol–water partition coefficient (Wildman–Crippen LogP) is 4.36. The van der Waals surface area contributed by atoms with E-state index < -0.39 is 0 Å². The molecule has 3 nitrogen and oxygen atoms in total. The fourth-order valence-corrected chi connectivity index (χ4v) is 1.75. The van der Waals surface area contributed by atoms with Gasteiger partial charge in [-0.2, -0.15) is 0 Å². The van der Waals surface area contributed by atoms with Crippen LogP contribution in [0, 0.1) is 12.8 Å². The first kappa shape index (κ1) is 26.0. The van der Waals surface area contributed by atoms with Crippen molar-refractivity contribution in [3.63, 3.8) is 0 Å². The van der Waals surface area contributed by atoms with Gasteiger partial charge >= 0.3 is 0 Å². The van der Waals surface area contributed by atoms with Crippen LogP contribution < -0.4 is 0 Å². The Balaban J connectivity index is -0.000000595. The summed E-state index contributed by atoms with van der Waals surface area (Å²) in [7, 11) is 3.38. The summed E-state index contributed by atoms with van der Waals surface area (Å²) in [6.07, 6.45) is 8.00. The van der Waals surface area contributed by atoms with Gasteiger partial charge in [-0.1, -0.05) is 58.0 Å². The third-order valence-corrected chi connectivity index (χ3v) is 2.59. The van der Waals surface area contributed by atoms with Gasteiger partial charge in [0, 0.05) is 25.3 Å². The van der Waals surface area contributed by atoms with Gasteiger partial charge in [-0.3, -0.25) is 4.99 Å². The van der Waals surface area contributed by atoms with Crippen molar-refractivity contribution < 1.29 is 9.84 Å². The number of methoxy groups -OCH3 is 1. The maximum atomic E-state index is 9.49. The third-order valence-electron chi connectivity index (χ3n) is 2.59. The minimum absolute atomic E-state index is 0.0310. The summed E-state index contributed by atoms with van der Waals surface area (Å²) in [5.74, 6) is 0. The highest BCUT2D eigenvalue weighted by atomic mass is 16.5. The number of nitrogens with zero attached hydrogens (tertiary/aromatic N) is 1. The lowest BCUT2D eigenvalue weighted by Gasteiger charge is -2.12. The third kappa shape index (κ3) is 10.5. The Morgan fingerprint density at radius 2 is 1.57 bits per heavy atom.